The number of para-hydroxylation sites is 1. The van der Waals surface area contributed by atoms with Crippen LogP contribution in [0.5, 0.6) is 0 Å². The number of hydrogen-bond acceptors (Lipinski definition) is 7. The first-order chi connectivity index (χ1) is 16.2. The molecule has 0 radical (unpaired) electrons. The topological polar surface area (TPSA) is 95.0 Å². The van der Waals surface area contributed by atoms with Gasteiger partial charge in [0, 0.05) is 60.1 Å². The van der Waals surface area contributed by atoms with Gasteiger partial charge in [-0.1, -0.05) is 18.2 Å². The molecule has 5 heterocycles. The highest BCUT2D eigenvalue weighted by Gasteiger charge is 2.18. The van der Waals surface area contributed by atoms with E-state index in [1.165, 1.54) is 6.33 Å². The van der Waals surface area contributed by atoms with Crippen molar-refractivity contribution in [3.8, 4) is 22.4 Å². The van der Waals surface area contributed by atoms with Crippen molar-refractivity contribution in [2.75, 3.05) is 36.9 Å². The summed E-state index contributed by atoms with van der Waals surface area (Å²) in [7, 11) is 2.05. The Labute approximate surface area is 190 Å². The number of nitrogen functional groups attached to an aromatic ring is 1. The lowest BCUT2D eigenvalue weighted by molar-refractivity contribution is 0.122. The number of morpholine rings is 1. The van der Waals surface area contributed by atoms with Crippen molar-refractivity contribution in [3.63, 3.8) is 0 Å². The smallest absolute Gasteiger partial charge is 0.165 e. The molecule has 0 atom stereocenters. The normalized spacial score (nSPS) is 14.3. The molecular formula is C25H23N7O. The SMILES string of the molecule is Cn1cc(-c2cc(-c3ccc(N4CCOCC4)nc3)nc3ncnc(N)c23)c2ccccc21. The maximum absolute atomic E-state index is 6.31. The molecule has 1 saturated heterocycles. The molecule has 33 heavy (non-hydrogen) atoms. The van der Waals surface area contributed by atoms with Gasteiger partial charge < -0.3 is 19.9 Å². The van der Waals surface area contributed by atoms with Crippen LogP contribution in [0.1, 0.15) is 0 Å². The number of benzene rings is 1. The zero-order valence-corrected chi connectivity index (χ0v) is 18.3. The summed E-state index contributed by atoms with van der Waals surface area (Å²) in [5, 5.41) is 1.90. The summed E-state index contributed by atoms with van der Waals surface area (Å²) < 4.78 is 7.57. The van der Waals surface area contributed by atoms with E-state index in [1.54, 1.807) is 0 Å². The predicted molar refractivity (Wildman–Crippen MR) is 130 cm³/mol. The van der Waals surface area contributed by atoms with Gasteiger partial charge in [0.25, 0.3) is 0 Å². The molecule has 0 unspecified atom stereocenters. The average Bonchev–Trinajstić information content (AvgIpc) is 3.21. The van der Waals surface area contributed by atoms with Crippen LogP contribution >= 0.6 is 0 Å². The van der Waals surface area contributed by atoms with E-state index in [4.69, 9.17) is 20.4 Å². The van der Waals surface area contributed by atoms with Crippen LogP contribution in [0.15, 0.2) is 61.2 Å². The van der Waals surface area contributed by atoms with E-state index in [0.29, 0.717) is 11.5 Å². The molecule has 5 aromatic rings. The summed E-state index contributed by atoms with van der Waals surface area (Å²) in [5.41, 5.74) is 11.8. The van der Waals surface area contributed by atoms with Crippen LogP contribution in [-0.4, -0.2) is 50.8 Å². The van der Waals surface area contributed by atoms with Crippen LogP contribution in [-0.2, 0) is 11.8 Å². The van der Waals surface area contributed by atoms with Crippen LogP contribution in [0.3, 0.4) is 0 Å². The van der Waals surface area contributed by atoms with Crippen molar-refractivity contribution in [1.82, 2.24) is 24.5 Å². The number of pyridine rings is 2. The van der Waals surface area contributed by atoms with Crippen molar-refractivity contribution >= 4 is 33.6 Å². The number of hydrogen-bond donors (Lipinski definition) is 1. The summed E-state index contributed by atoms with van der Waals surface area (Å²) in [6, 6.07) is 14.5. The van der Waals surface area contributed by atoms with E-state index in [2.05, 4.69) is 49.9 Å². The van der Waals surface area contributed by atoms with Crippen molar-refractivity contribution in [2.24, 2.45) is 7.05 Å². The largest absolute Gasteiger partial charge is 0.383 e. The molecule has 8 heteroatoms. The maximum atomic E-state index is 6.31. The molecule has 1 aromatic carbocycles. The summed E-state index contributed by atoms with van der Waals surface area (Å²) >= 11 is 0. The fraction of sp³-hybridized carbons (Fsp3) is 0.200. The average molecular weight is 438 g/mol. The number of rotatable bonds is 3. The van der Waals surface area contributed by atoms with Crippen molar-refractivity contribution < 1.29 is 4.74 Å². The number of aromatic nitrogens is 5. The van der Waals surface area contributed by atoms with Gasteiger partial charge in [-0.15, -0.1) is 0 Å². The van der Waals surface area contributed by atoms with Crippen molar-refractivity contribution in [1.29, 1.82) is 0 Å². The van der Waals surface area contributed by atoms with E-state index < -0.39 is 0 Å². The molecule has 0 bridgehead atoms. The molecule has 8 nitrogen and oxygen atoms in total. The van der Waals surface area contributed by atoms with Gasteiger partial charge in [0.15, 0.2) is 5.65 Å². The van der Waals surface area contributed by atoms with E-state index in [1.807, 2.05) is 31.4 Å². The third kappa shape index (κ3) is 3.35. The van der Waals surface area contributed by atoms with Gasteiger partial charge in [0.1, 0.15) is 18.0 Å². The Kier molecular flexibility index (Phi) is 4.66. The van der Waals surface area contributed by atoms with Gasteiger partial charge in [-0.3, -0.25) is 0 Å². The van der Waals surface area contributed by atoms with E-state index >= 15 is 0 Å². The van der Waals surface area contributed by atoms with Crippen molar-refractivity contribution in [2.45, 2.75) is 0 Å². The van der Waals surface area contributed by atoms with E-state index in [-0.39, 0.29) is 0 Å². The molecule has 1 aliphatic rings. The third-order valence-electron chi connectivity index (χ3n) is 6.20. The summed E-state index contributed by atoms with van der Waals surface area (Å²) in [5.74, 6) is 1.37. The van der Waals surface area contributed by atoms with Crippen LogP contribution in [0.2, 0.25) is 0 Å². The highest BCUT2D eigenvalue weighted by atomic mass is 16.5. The first-order valence-corrected chi connectivity index (χ1v) is 10.9. The molecule has 0 aliphatic carbocycles. The van der Waals surface area contributed by atoms with Crippen LogP contribution < -0.4 is 10.6 Å². The molecule has 1 aliphatic heterocycles. The minimum absolute atomic E-state index is 0.419. The van der Waals surface area contributed by atoms with E-state index in [9.17, 15) is 0 Å². The number of ether oxygens (including phenoxy) is 1. The van der Waals surface area contributed by atoms with Gasteiger partial charge in [-0.05, 0) is 24.3 Å². The molecule has 4 aromatic heterocycles. The molecule has 0 saturated carbocycles. The Balaban J connectivity index is 1.52. The molecule has 1 fully saturated rings. The molecule has 6 rings (SSSR count). The Hall–Kier alpha value is -4.04. The fourth-order valence-electron chi connectivity index (χ4n) is 4.52. The summed E-state index contributed by atoms with van der Waals surface area (Å²) in [6.07, 6.45) is 5.45. The molecule has 164 valence electrons. The van der Waals surface area contributed by atoms with Gasteiger partial charge in [-0.2, -0.15) is 0 Å². The van der Waals surface area contributed by atoms with Crippen LogP contribution in [0.4, 0.5) is 11.6 Å². The van der Waals surface area contributed by atoms with Crippen LogP contribution in [0.25, 0.3) is 44.3 Å². The first kappa shape index (κ1) is 19.6. The quantitative estimate of drug-likeness (QED) is 0.460. The van der Waals surface area contributed by atoms with Gasteiger partial charge in [0.05, 0.1) is 24.3 Å². The number of nitrogens with two attached hydrogens (primary N) is 1. The minimum Gasteiger partial charge on any atom is -0.383 e. The lowest BCUT2D eigenvalue weighted by Crippen LogP contribution is -2.36. The standard InChI is InChI=1S/C25H23N7O/c1-31-14-19(17-4-2-3-5-21(17)31)18-12-20(30-25-23(18)24(26)28-15-29-25)16-6-7-22(27-13-16)32-8-10-33-11-9-32/h2-7,12-15H,8-11H2,1H3,(H2,26,28,29,30). The van der Waals surface area contributed by atoms with Gasteiger partial charge in [0.2, 0.25) is 0 Å². The Morgan fingerprint density at radius 1 is 0.970 bits per heavy atom. The lowest BCUT2D eigenvalue weighted by atomic mass is 9.99. The second kappa shape index (κ2) is 7.83. The highest BCUT2D eigenvalue weighted by Crippen LogP contribution is 2.38. The van der Waals surface area contributed by atoms with Gasteiger partial charge in [-0.25, -0.2) is 19.9 Å². The summed E-state index contributed by atoms with van der Waals surface area (Å²) in [4.78, 5) is 20.4. The number of nitrogens with zero attached hydrogens (tertiary/aromatic N) is 6. The van der Waals surface area contributed by atoms with E-state index in [0.717, 1.165) is 70.8 Å². The number of fused-ring (bicyclic) bond motifs is 2. The number of aryl methyl sites for hydroxylation is 1. The summed E-state index contributed by atoms with van der Waals surface area (Å²) in [6.45, 7) is 3.15. The first-order valence-electron chi connectivity index (χ1n) is 10.9. The zero-order valence-electron chi connectivity index (χ0n) is 18.3. The molecule has 0 spiro atoms. The van der Waals surface area contributed by atoms with Crippen LogP contribution in [0, 0.1) is 0 Å². The third-order valence-corrected chi connectivity index (χ3v) is 6.20. The monoisotopic (exact) mass is 437 g/mol. The fourth-order valence-corrected chi connectivity index (χ4v) is 4.52. The second-order valence-corrected chi connectivity index (χ2v) is 8.19. The van der Waals surface area contributed by atoms with Gasteiger partial charge >= 0.3 is 0 Å². The number of anilines is 2. The Bertz CT molecular complexity index is 1470. The maximum Gasteiger partial charge on any atom is 0.165 e. The Morgan fingerprint density at radius 2 is 1.82 bits per heavy atom. The molecule has 2 N–H and O–H groups in total. The predicted octanol–water partition coefficient (Wildman–Crippen LogP) is 3.66. The minimum atomic E-state index is 0.419. The van der Waals surface area contributed by atoms with Crippen molar-refractivity contribution in [3.05, 3.63) is 61.2 Å². The second-order valence-electron chi connectivity index (χ2n) is 8.19. The molecular weight excluding hydrogens is 414 g/mol. The zero-order chi connectivity index (χ0) is 22.4. The Morgan fingerprint density at radius 3 is 2.64 bits per heavy atom. The molecule has 0 amide bonds. The highest BCUT2D eigenvalue weighted by molar-refractivity contribution is 6.07. The lowest BCUT2D eigenvalue weighted by Gasteiger charge is -2.27.